The summed E-state index contributed by atoms with van der Waals surface area (Å²) in [6.07, 6.45) is -1.80. The Bertz CT molecular complexity index is 2080. The number of methoxy groups -OCH3 is 1. The number of carbonyl (C=O) groups excluding carboxylic acids is 2. The molecule has 6 unspecified atom stereocenters. The molecule has 57 heavy (non-hydrogen) atoms. The van der Waals surface area contributed by atoms with Gasteiger partial charge in [0.25, 0.3) is 0 Å². The molecule has 0 bridgehead atoms. The number of aliphatic hydroxyl groups excluding tert-OH is 2. The third kappa shape index (κ3) is 11.1. The van der Waals surface area contributed by atoms with Gasteiger partial charge in [-0.3, -0.25) is 0 Å². The number of aromatic hydroxyl groups is 1. The fourth-order valence-corrected chi connectivity index (χ4v) is 7.15. The highest BCUT2D eigenvalue weighted by Crippen LogP contribution is 2.42. The summed E-state index contributed by atoms with van der Waals surface area (Å²) in [6, 6.07) is 38.4. The lowest BCUT2D eigenvalue weighted by atomic mass is 9.89. The van der Waals surface area contributed by atoms with Crippen molar-refractivity contribution < 1.29 is 39.1 Å². The van der Waals surface area contributed by atoms with Crippen LogP contribution in [0.3, 0.4) is 0 Å². The molecule has 11 nitrogen and oxygen atoms in total. The molecule has 0 spiro atoms. The lowest BCUT2D eigenvalue weighted by Gasteiger charge is -2.42. The molecule has 5 aromatic rings. The largest absolute Gasteiger partial charge is 0.508 e. The van der Waals surface area contributed by atoms with Crippen molar-refractivity contribution in [1.29, 1.82) is 0 Å². The van der Waals surface area contributed by atoms with Crippen LogP contribution in [0.25, 0.3) is 11.1 Å². The Kier molecular flexibility index (Phi) is 14.1. The van der Waals surface area contributed by atoms with Gasteiger partial charge in [-0.25, -0.2) is 9.59 Å². The zero-order valence-corrected chi connectivity index (χ0v) is 32.5. The van der Waals surface area contributed by atoms with E-state index in [9.17, 15) is 24.9 Å². The van der Waals surface area contributed by atoms with Crippen molar-refractivity contribution in [2.45, 2.75) is 57.1 Å². The Morgan fingerprint density at radius 2 is 1.51 bits per heavy atom. The molecule has 2 amide bonds. The maximum atomic E-state index is 12.9. The molecular formula is C46H51N3O8. The highest BCUT2D eigenvalue weighted by molar-refractivity contribution is 5.83. The summed E-state index contributed by atoms with van der Waals surface area (Å²) in [5, 5.41) is 36.2. The number of aliphatic hydroxyl groups is 2. The SMILES string of the molecule is COC(=O)C(Cc1ccccc1)NC(=O)NCc1cccc(-c2cccc(C3OC(CN(C)CC(O)c4cccc(O)c4)C(C)C(c4ccc(CO)cc4)O3)c2)c1. The average molecular weight is 774 g/mol. The van der Waals surface area contributed by atoms with Gasteiger partial charge in [-0.1, -0.05) is 110 Å². The Morgan fingerprint density at radius 1 is 0.807 bits per heavy atom. The number of phenols is 1. The number of ether oxygens (including phenoxy) is 3. The fourth-order valence-electron chi connectivity index (χ4n) is 7.15. The van der Waals surface area contributed by atoms with E-state index >= 15 is 0 Å². The van der Waals surface area contributed by atoms with Crippen LogP contribution in [-0.2, 0) is 38.6 Å². The second kappa shape index (κ2) is 19.5. The minimum absolute atomic E-state index is 0.0517. The average Bonchev–Trinajstić information content (AvgIpc) is 3.23. The number of hydrogen-bond donors (Lipinski definition) is 5. The third-order valence-corrected chi connectivity index (χ3v) is 10.3. The van der Waals surface area contributed by atoms with Gasteiger partial charge in [0.15, 0.2) is 6.29 Å². The molecule has 11 heteroatoms. The van der Waals surface area contributed by atoms with E-state index in [1.165, 1.54) is 7.11 Å². The molecular weight excluding hydrogens is 723 g/mol. The minimum atomic E-state index is -0.838. The van der Waals surface area contributed by atoms with Crippen molar-refractivity contribution in [2.24, 2.45) is 5.92 Å². The van der Waals surface area contributed by atoms with E-state index in [-0.39, 0.29) is 37.0 Å². The molecule has 1 aliphatic rings. The number of benzene rings is 5. The molecule has 1 heterocycles. The molecule has 0 radical (unpaired) electrons. The maximum absolute atomic E-state index is 12.9. The number of nitrogens with zero attached hydrogens (tertiary/aromatic N) is 1. The summed E-state index contributed by atoms with van der Waals surface area (Å²) in [6.45, 7) is 3.12. The summed E-state index contributed by atoms with van der Waals surface area (Å²) < 4.78 is 18.4. The number of rotatable bonds is 15. The molecule has 6 rings (SSSR count). The predicted molar refractivity (Wildman–Crippen MR) is 217 cm³/mol. The van der Waals surface area contributed by atoms with E-state index in [4.69, 9.17) is 14.2 Å². The number of nitrogens with one attached hydrogen (secondary N) is 2. The van der Waals surface area contributed by atoms with Crippen LogP contribution in [-0.4, -0.2) is 71.6 Å². The summed E-state index contributed by atoms with van der Waals surface area (Å²) in [5.74, 6) is -0.483. The Balaban J connectivity index is 1.16. The predicted octanol–water partition coefficient (Wildman–Crippen LogP) is 6.59. The van der Waals surface area contributed by atoms with Crippen molar-refractivity contribution in [3.8, 4) is 16.9 Å². The zero-order valence-electron chi connectivity index (χ0n) is 32.5. The normalized spacial score (nSPS) is 19.1. The third-order valence-electron chi connectivity index (χ3n) is 10.3. The summed E-state index contributed by atoms with van der Waals surface area (Å²) in [5.41, 5.74) is 6.89. The van der Waals surface area contributed by atoms with E-state index < -0.39 is 30.4 Å². The lowest BCUT2D eigenvalue weighted by Crippen LogP contribution is -2.47. The van der Waals surface area contributed by atoms with Crippen LogP contribution in [0, 0.1) is 5.92 Å². The van der Waals surface area contributed by atoms with E-state index in [1.807, 2.05) is 115 Å². The number of carbonyl (C=O) groups is 2. The molecule has 1 fully saturated rings. The fraction of sp³-hybridized carbons (Fsp3) is 0.304. The lowest BCUT2D eigenvalue weighted by molar-refractivity contribution is -0.276. The first kappa shape index (κ1) is 41.1. The topological polar surface area (TPSA) is 150 Å². The van der Waals surface area contributed by atoms with Crippen molar-refractivity contribution in [3.05, 3.63) is 161 Å². The number of amides is 2. The van der Waals surface area contributed by atoms with E-state index in [0.29, 0.717) is 25.1 Å². The zero-order chi connectivity index (χ0) is 40.3. The first-order chi connectivity index (χ1) is 27.6. The minimum Gasteiger partial charge on any atom is -0.508 e. The summed E-state index contributed by atoms with van der Waals surface area (Å²) >= 11 is 0. The van der Waals surface area contributed by atoms with Gasteiger partial charge in [0, 0.05) is 37.5 Å². The highest BCUT2D eigenvalue weighted by Gasteiger charge is 2.39. The van der Waals surface area contributed by atoms with E-state index in [2.05, 4.69) is 17.6 Å². The summed E-state index contributed by atoms with van der Waals surface area (Å²) in [7, 11) is 3.24. The van der Waals surface area contributed by atoms with Crippen LogP contribution < -0.4 is 10.6 Å². The van der Waals surface area contributed by atoms with Crippen LogP contribution in [0.2, 0.25) is 0 Å². The second-order valence-corrected chi connectivity index (χ2v) is 14.6. The van der Waals surface area contributed by atoms with Crippen molar-refractivity contribution in [2.75, 3.05) is 27.2 Å². The Hall–Kier alpha value is -5.56. The molecule has 0 aromatic heterocycles. The molecule has 6 atom stereocenters. The standard InChI is InChI=1S/C46H51N3O8/c1-30-42(28-49(2)27-41(52)37-15-9-17-39(51)25-37)56-45(57-43(30)34-20-18-32(29-50)19-21-34)38-16-8-14-36(24-38)35-13-7-12-33(22-35)26-47-46(54)48-40(44(53)55-3)23-31-10-5-4-6-11-31/h4-22,24-25,30,40-43,45,50-52H,23,26-29H2,1-3H3,(H2,47,48,54). The van der Waals surface area contributed by atoms with Gasteiger partial charge in [-0.2, -0.15) is 0 Å². The van der Waals surface area contributed by atoms with Crippen LogP contribution in [0.1, 0.15) is 58.8 Å². The number of urea groups is 1. The molecule has 5 aromatic carbocycles. The van der Waals surface area contributed by atoms with Gasteiger partial charge < -0.3 is 45.1 Å². The number of likely N-dealkylation sites (N-methyl/N-ethyl adjacent to an activating group) is 1. The van der Waals surface area contributed by atoms with Gasteiger partial charge in [-0.15, -0.1) is 0 Å². The van der Waals surface area contributed by atoms with Crippen molar-refractivity contribution >= 4 is 12.0 Å². The van der Waals surface area contributed by atoms with E-state index in [1.54, 1.807) is 24.3 Å². The quantitative estimate of drug-likeness (QED) is 0.0743. The Morgan fingerprint density at radius 3 is 2.23 bits per heavy atom. The van der Waals surface area contributed by atoms with Crippen LogP contribution in [0.4, 0.5) is 4.79 Å². The van der Waals surface area contributed by atoms with Crippen LogP contribution in [0.15, 0.2) is 127 Å². The van der Waals surface area contributed by atoms with Gasteiger partial charge >= 0.3 is 12.0 Å². The number of esters is 1. The highest BCUT2D eigenvalue weighted by atomic mass is 16.7. The van der Waals surface area contributed by atoms with Gasteiger partial charge in [0.1, 0.15) is 11.8 Å². The molecule has 0 aliphatic carbocycles. The monoisotopic (exact) mass is 773 g/mol. The van der Waals surface area contributed by atoms with Gasteiger partial charge in [0.2, 0.25) is 0 Å². The van der Waals surface area contributed by atoms with Crippen LogP contribution >= 0.6 is 0 Å². The molecule has 1 aliphatic heterocycles. The van der Waals surface area contributed by atoms with Crippen molar-refractivity contribution in [1.82, 2.24) is 15.5 Å². The second-order valence-electron chi connectivity index (χ2n) is 14.6. The molecule has 5 N–H and O–H groups in total. The molecule has 298 valence electrons. The first-order valence-electron chi connectivity index (χ1n) is 19.1. The van der Waals surface area contributed by atoms with Crippen molar-refractivity contribution in [3.63, 3.8) is 0 Å². The van der Waals surface area contributed by atoms with Gasteiger partial charge in [-0.05, 0) is 70.3 Å². The smallest absolute Gasteiger partial charge is 0.328 e. The van der Waals surface area contributed by atoms with Gasteiger partial charge in [0.05, 0.1) is 32.0 Å². The number of hydrogen-bond acceptors (Lipinski definition) is 9. The first-order valence-corrected chi connectivity index (χ1v) is 19.1. The van der Waals surface area contributed by atoms with Crippen LogP contribution in [0.5, 0.6) is 5.75 Å². The maximum Gasteiger partial charge on any atom is 0.328 e. The Labute approximate surface area is 333 Å². The van der Waals surface area contributed by atoms with E-state index in [0.717, 1.165) is 38.9 Å². The number of phenolic OH excluding ortho intramolecular Hbond substituents is 1. The summed E-state index contributed by atoms with van der Waals surface area (Å²) in [4.78, 5) is 27.4. The molecule has 0 saturated carbocycles. The molecule has 1 saturated heterocycles.